The van der Waals surface area contributed by atoms with Crippen LogP contribution in [0.25, 0.3) is 0 Å². The first kappa shape index (κ1) is 35.3. The summed E-state index contributed by atoms with van der Waals surface area (Å²) >= 11 is 0. The molecule has 4 rings (SSSR count). The number of piperazine rings is 2. The predicted octanol–water partition coefficient (Wildman–Crippen LogP) is 2.48. The second-order valence-corrected chi connectivity index (χ2v) is 9.18. The van der Waals surface area contributed by atoms with E-state index in [9.17, 15) is 9.59 Å². The van der Waals surface area contributed by atoms with Crippen molar-refractivity contribution in [3.8, 4) is 0 Å². The minimum absolute atomic E-state index is 0. The SMILES string of the molecule is CC(=O)C(C(=O)ON1CCNCC1)N1CCN(N2CCC(Cc3ccccc3)CC2)CC1.Cl.Cl.Cl.Cl. The van der Waals surface area contributed by atoms with Crippen molar-refractivity contribution in [1.29, 1.82) is 0 Å². The number of halogens is 4. The van der Waals surface area contributed by atoms with Crippen molar-refractivity contribution in [2.75, 3.05) is 65.4 Å². The standard InChI is InChI=1S/C24H37N5O3.4ClH/c1-20(30)23(24(31)32-29-13-9-25-10-14-29)26-15-17-28(18-16-26)27-11-7-22(8-12-27)19-21-5-3-2-4-6-21;;;;/h2-6,22-23,25H,7-19H2,1H3;4*1H. The molecule has 0 aliphatic carbocycles. The molecule has 0 spiro atoms. The molecule has 3 aliphatic rings. The van der Waals surface area contributed by atoms with Gasteiger partial charge in [0, 0.05) is 65.4 Å². The molecular weight excluding hydrogens is 548 g/mol. The summed E-state index contributed by atoms with van der Waals surface area (Å²) in [6.07, 6.45) is 3.59. The number of nitrogens with one attached hydrogen (secondary N) is 1. The summed E-state index contributed by atoms with van der Waals surface area (Å²) in [6, 6.07) is 9.97. The maximum atomic E-state index is 12.8. The molecule has 0 saturated carbocycles. The molecule has 8 nitrogen and oxygen atoms in total. The lowest BCUT2D eigenvalue weighted by Gasteiger charge is -2.45. The van der Waals surface area contributed by atoms with Gasteiger partial charge in [0.2, 0.25) is 0 Å². The van der Waals surface area contributed by atoms with Crippen LogP contribution >= 0.6 is 49.6 Å². The Morgan fingerprint density at radius 3 is 1.97 bits per heavy atom. The fraction of sp³-hybridized carbons (Fsp3) is 0.667. The molecule has 3 saturated heterocycles. The number of hydroxylamine groups is 2. The van der Waals surface area contributed by atoms with Crippen LogP contribution in [0.2, 0.25) is 0 Å². The number of ketones is 1. The number of hydrogen-bond acceptors (Lipinski definition) is 8. The van der Waals surface area contributed by atoms with E-state index in [0.717, 1.165) is 51.6 Å². The number of Topliss-reactive ketones (excluding diaryl/α,β-unsaturated/α-hetero) is 1. The minimum atomic E-state index is -0.802. The molecule has 1 atom stereocenters. The summed E-state index contributed by atoms with van der Waals surface area (Å²) in [5, 5.41) is 9.79. The van der Waals surface area contributed by atoms with Crippen LogP contribution in [0, 0.1) is 5.92 Å². The van der Waals surface area contributed by atoms with Gasteiger partial charge in [-0.15, -0.1) is 54.7 Å². The van der Waals surface area contributed by atoms with Crippen LogP contribution in [0.3, 0.4) is 0 Å². The van der Waals surface area contributed by atoms with Gasteiger partial charge in [-0.1, -0.05) is 30.3 Å². The van der Waals surface area contributed by atoms with Gasteiger partial charge in [-0.3, -0.25) is 9.69 Å². The lowest BCUT2D eigenvalue weighted by Crippen LogP contribution is -2.60. The second kappa shape index (κ2) is 17.8. The summed E-state index contributed by atoms with van der Waals surface area (Å²) in [4.78, 5) is 32.6. The molecule has 36 heavy (non-hydrogen) atoms. The highest BCUT2D eigenvalue weighted by Gasteiger charge is 2.36. The van der Waals surface area contributed by atoms with Crippen LogP contribution in [-0.4, -0.2) is 103 Å². The van der Waals surface area contributed by atoms with Gasteiger partial charge in [0.15, 0.2) is 11.8 Å². The van der Waals surface area contributed by atoms with E-state index in [1.54, 1.807) is 5.06 Å². The third-order valence-electron chi connectivity index (χ3n) is 6.92. The minimum Gasteiger partial charge on any atom is -0.366 e. The lowest BCUT2D eigenvalue weighted by atomic mass is 9.91. The summed E-state index contributed by atoms with van der Waals surface area (Å²) < 4.78 is 0. The Balaban J connectivity index is 0.00000306. The molecule has 0 radical (unpaired) electrons. The van der Waals surface area contributed by atoms with Gasteiger partial charge in [-0.2, -0.15) is 0 Å². The van der Waals surface area contributed by atoms with Crippen LogP contribution in [0.5, 0.6) is 0 Å². The summed E-state index contributed by atoms with van der Waals surface area (Å²) in [6.45, 7) is 9.63. The largest absolute Gasteiger partial charge is 0.366 e. The molecule has 1 aromatic rings. The summed E-state index contributed by atoms with van der Waals surface area (Å²) in [5.74, 6) is 0.173. The van der Waals surface area contributed by atoms with E-state index in [-0.39, 0.29) is 55.4 Å². The molecule has 0 bridgehead atoms. The molecule has 1 N–H and O–H groups in total. The normalized spacial score (nSPS) is 21.0. The van der Waals surface area contributed by atoms with Crippen LogP contribution in [-0.2, 0) is 20.8 Å². The zero-order valence-corrected chi connectivity index (χ0v) is 24.1. The number of carbonyl (C=O) groups is 2. The van der Waals surface area contributed by atoms with Gasteiger partial charge < -0.3 is 10.2 Å². The Hall–Kier alpha value is -0.680. The Labute approximate surface area is 240 Å². The molecule has 0 aromatic heterocycles. The molecule has 208 valence electrons. The number of nitrogens with zero attached hydrogens (tertiary/aromatic N) is 4. The van der Waals surface area contributed by atoms with Crippen molar-refractivity contribution in [2.45, 2.75) is 32.2 Å². The topological polar surface area (TPSA) is 68.4 Å². The van der Waals surface area contributed by atoms with Crippen molar-refractivity contribution in [1.82, 2.24) is 25.3 Å². The predicted molar refractivity (Wildman–Crippen MR) is 152 cm³/mol. The van der Waals surface area contributed by atoms with E-state index in [4.69, 9.17) is 4.84 Å². The van der Waals surface area contributed by atoms with Crippen LogP contribution in [0.1, 0.15) is 25.3 Å². The monoisotopic (exact) mass is 587 g/mol. The molecular formula is C24H41Cl4N5O3. The van der Waals surface area contributed by atoms with Crippen LogP contribution < -0.4 is 5.32 Å². The smallest absolute Gasteiger partial charge is 0.349 e. The van der Waals surface area contributed by atoms with Gasteiger partial charge in [0.1, 0.15) is 0 Å². The van der Waals surface area contributed by atoms with E-state index < -0.39 is 12.0 Å². The van der Waals surface area contributed by atoms with Crippen LogP contribution in [0.15, 0.2) is 30.3 Å². The Morgan fingerprint density at radius 2 is 1.42 bits per heavy atom. The number of rotatable bonds is 7. The van der Waals surface area contributed by atoms with Crippen molar-refractivity contribution < 1.29 is 14.4 Å². The van der Waals surface area contributed by atoms with Gasteiger partial charge in [0.05, 0.1) is 0 Å². The lowest BCUT2D eigenvalue weighted by molar-refractivity contribution is -0.200. The van der Waals surface area contributed by atoms with Crippen molar-refractivity contribution >= 4 is 61.4 Å². The first-order chi connectivity index (χ1) is 15.6. The zero-order valence-electron chi connectivity index (χ0n) is 20.9. The highest BCUT2D eigenvalue weighted by molar-refractivity contribution is 6.01. The Morgan fingerprint density at radius 1 is 0.861 bits per heavy atom. The Kier molecular flexibility index (Phi) is 17.4. The molecule has 1 unspecified atom stereocenters. The van der Waals surface area contributed by atoms with Gasteiger partial charge in [0.25, 0.3) is 0 Å². The molecule has 12 heteroatoms. The van der Waals surface area contributed by atoms with E-state index in [2.05, 4.69) is 45.7 Å². The first-order valence-corrected chi connectivity index (χ1v) is 12.1. The molecule has 0 amide bonds. The quantitative estimate of drug-likeness (QED) is 0.487. The van der Waals surface area contributed by atoms with Gasteiger partial charge >= 0.3 is 5.97 Å². The first-order valence-electron chi connectivity index (χ1n) is 12.1. The number of hydrazine groups is 1. The maximum absolute atomic E-state index is 12.8. The third kappa shape index (κ3) is 9.89. The zero-order chi connectivity index (χ0) is 22.3. The van der Waals surface area contributed by atoms with Gasteiger partial charge in [-0.25, -0.2) is 14.8 Å². The number of carbonyl (C=O) groups excluding carboxylic acids is 2. The summed E-state index contributed by atoms with van der Waals surface area (Å²) in [7, 11) is 0. The summed E-state index contributed by atoms with van der Waals surface area (Å²) in [5.41, 5.74) is 1.43. The fourth-order valence-electron chi connectivity index (χ4n) is 5.09. The number of benzene rings is 1. The molecule has 1 aromatic carbocycles. The average molecular weight is 589 g/mol. The maximum Gasteiger partial charge on any atom is 0.349 e. The van der Waals surface area contributed by atoms with Crippen molar-refractivity contribution in [3.05, 3.63) is 35.9 Å². The number of hydrogen-bond donors (Lipinski definition) is 1. The van der Waals surface area contributed by atoms with E-state index in [1.165, 1.54) is 25.3 Å². The van der Waals surface area contributed by atoms with Crippen LogP contribution in [0.4, 0.5) is 0 Å². The highest BCUT2D eigenvalue weighted by Crippen LogP contribution is 2.23. The average Bonchev–Trinajstić information content (AvgIpc) is 2.81. The fourth-order valence-corrected chi connectivity index (χ4v) is 5.09. The molecule has 3 aliphatic heterocycles. The number of piperidine rings is 1. The Bertz CT molecular complexity index is 757. The van der Waals surface area contributed by atoms with E-state index in [1.807, 2.05) is 4.90 Å². The van der Waals surface area contributed by atoms with E-state index >= 15 is 0 Å². The third-order valence-corrected chi connectivity index (χ3v) is 6.92. The highest BCUT2D eigenvalue weighted by atomic mass is 35.5. The second-order valence-electron chi connectivity index (χ2n) is 9.18. The molecule has 3 fully saturated rings. The van der Waals surface area contributed by atoms with E-state index in [0.29, 0.717) is 26.2 Å². The van der Waals surface area contributed by atoms with Crippen molar-refractivity contribution in [3.63, 3.8) is 0 Å². The molecule has 3 heterocycles. The van der Waals surface area contributed by atoms with Crippen molar-refractivity contribution in [2.24, 2.45) is 5.92 Å². The van der Waals surface area contributed by atoms with Gasteiger partial charge in [-0.05, 0) is 37.7 Å².